The van der Waals surface area contributed by atoms with Crippen molar-refractivity contribution in [1.82, 2.24) is 4.98 Å². The third kappa shape index (κ3) is 2.46. The van der Waals surface area contributed by atoms with Gasteiger partial charge in [-0.15, -0.1) is 0 Å². The molecule has 1 aromatic carbocycles. The van der Waals surface area contributed by atoms with E-state index in [-0.39, 0.29) is 5.56 Å². The molecule has 0 amide bonds. The molecule has 1 unspecified atom stereocenters. The van der Waals surface area contributed by atoms with Gasteiger partial charge in [-0.3, -0.25) is 4.98 Å². The molecule has 0 saturated carbocycles. The summed E-state index contributed by atoms with van der Waals surface area (Å²) in [6.45, 7) is 1.76. The Labute approximate surface area is 109 Å². The maximum Gasteiger partial charge on any atom is 0.141 e. The van der Waals surface area contributed by atoms with Crippen LogP contribution in [0.4, 0.5) is 13.2 Å². The predicted octanol–water partition coefficient (Wildman–Crippen LogP) is 3.11. The van der Waals surface area contributed by atoms with Crippen LogP contribution in [0.5, 0.6) is 0 Å². The quantitative estimate of drug-likeness (QED) is 0.927. The van der Waals surface area contributed by atoms with Gasteiger partial charge < -0.3 is 5.73 Å². The molecule has 5 heteroatoms. The van der Waals surface area contributed by atoms with E-state index in [2.05, 4.69) is 4.98 Å². The number of nitrogens with zero attached hydrogens (tertiary/aromatic N) is 1. The second-order valence-corrected chi connectivity index (χ2v) is 4.31. The van der Waals surface area contributed by atoms with E-state index < -0.39 is 23.0 Å². The highest BCUT2D eigenvalue weighted by Crippen LogP contribution is 2.31. The van der Waals surface area contributed by atoms with E-state index >= 15 is 0 Å². The number of benzene rings is 1. The van der Waals surface area contributed by atoms with Crippen LogP contribution in [-0.2, 0) is 5.54 Å². The molecule has 2 nitrogen and oxygen atoms in total. The highest BCUT2D eigenvalue weighted by Gasteiger charge is 2.32. The van der Waals surface area contributed by atoms with Crippen molar-refractivity contribution in [3.8, 4) is 0 Å². The Morgan fingerprint density at radius 3 is 2.32 bits per heavy atom. The number of pyridine rings is 1. The molecule has 100 valence electrons. The Morgan fingerprint density at radius 2 is 1.79 bits per heavy atom. The number of nitrogens with two attached hydrogens (primary N) is 1. The summed E-state index contributed by atoms with van der Waals surface area (Å²) >= 11 is 0. The molecule has 2 aromatic rings. The zero-order valence-electron chi connectivity index (χ0n) is 10.3. The van der Waals surface area contributed by atoms with Crippen LogP contribution in [0.25, 0.3) is 0 Å². The lowest BCUT2D eigenvalue weighted by molar-refractivity contribution is 0.461. The average Bonchev–Trinajstić information content (AvgIpc) is 2.38. The molecule has 0 aliphatic rings. The SMILES string of the molecule is CCC(N)(c1ccc(F)cn1)c1ccc(F)cc1F. The summed E-state index contributed by atoms with van der Waals surface area (Å²) in [4.78, 5) is 3.90. The summed E-state index contributed by atoms with van der Waals surface area (Å²) in [7, 11) is 0. The second-order valence-electron chi connectivity index (χ2n) is 4.31. The van der Waals surface area contributed by atoms with E-state index in [9.17, 15) is 13.2 Å². The Bertz CT molecular complexity index is 584. The van der Waals surface area contributed by atoms with Crippen molar-refractivity contribution >= 4 is 0 Å². The van der Waals surface area contributed by atoms with Gasteiger partial charge in [-0.25, -0.2) is 13.2 Å². The molecule has 2 N–H and O–H groups in total. The van der Waals surface area contributed by atoms with E-state index in [1.807, 2.05) is 0 Å². The van der Waals surface area contributed by atoms with Gasteiger partial charge in [0.2, 0.25) is 0 Å². The van der Waals surface area contributed by atoms with E-state index in [1.165, 1.54) is 18.2 Å². The third-order valence-corrected chi connectivity index (χ3v) is 3.15. The summed E-state index contributed by atoms with van der Waals surface area (Å²) in [6.07, 6.45) is 1.36. The molecule has 1 atom stereocenters. The zero-order chi connectivity index (χ0) is 14.0. The number of rotatable bonds is 3. The third-order valence-electron chi connectivity index (χ3n) is 3.15. The van der Waals surface area contributed by atoms with Crippen LogP contribution in [0.2, 0.25) is 0 Å². The van der Waals surface area contributed by atoms with Gasteiger partial charge in [0.25, 0.3) is 0 Å². The number of hydrogen-bond donors (Lipinski definition) is 1. The molecule has 1 aromatic heterocycles. The smallest absolute Gasteiger partial charge is 0.141 e. The van der Waals surface area contributed by atoms with E-state index in [4.69, 9.17) is 5.73 Å². The predicted molar refractivity (Wildman–Crippen MR) is 65.8 cm³/mol. The zero-order valence-corrected chi connectivity index (χ0v) is 10.3. The Balaban J connectivity index is 2.56. The fourth-order valence-corrected chi connectivity index (χ4v) is 2.00. The van der Waals surface area contributed by atoms with Crippen LogP contribution in [0.3, 0.4) is 0 Å². The Morgan fingerprint density at radius 1 is 1.11 bits per heavy atom. The minimum atomic E-state index is -1.22. The first-order valence-electron chi connectivity index (χ1n) is 5.84. The van der Waals surface area contributed by atoms with Crippen molar-refractivity contribution in [2.75, 3.05) is 0 Å². The van der Waals surface area contributed by atoms with Gasteiger partial charge in [-0.05, 0) is 24.6 Å². The molecule has 0 spiro atoms. The van der Waals surface area contributed by atoms with Crippen LogP contribution in [-0.4, -0.2) is 4.98 Å². The summed E-state index contributed by atoms with van der Waals surface area (Å²) in [6, 6.07) is 5.82. The van der Waals surface area contributed by atoms with E-state index in [0.717, 1.165) is 18.3 Å². The molecule has 0 aliphatic carbocycles. The molecule has 2 rings (SSSR count). The van der Waals surface area contributed by atoms with Crippen molar-refractivity contribution < 1.29 is 13.2 Å². The van der Waals surface area contributed by atoms with Crippen molar-refractivity contribution in [2.24, 2.45) is 5.73 Å². The summed E-state index contributed by atoms with van der Waals surface area (Å²) in [5.74, 6) is -1.91. The van der Waals surface area contributed by atoms with Crippen molar-refractivity contribution in [2.45, 2.75) is 18.9 Å². The van der Waals surface area contributed by atoms with Crippen LogP contribution in [0.1, 0.15) is 24.6 Å². The minimum absolute atomic E-state index is 0.135. The summed E-state index contributed by atoms with van der Waals surface area (Å²) in [5, 5.41) is 0. The highest BCUT2D eigenvalue weighted by molar-refractivity contribution is 5.35. The van der Waals surface area contributed by atoms with Crippen molar-refractivity contribution in [3.63, 3.8) is 0 Å². The minimum Gasteiger partial charge on any atom is -0.316 e. The van der Waals surface area contributed by atoms with Crippen molar-refractivity contribution in [3.05, 3.63) is 65.2 Å². The molecule has 0 saturated heterocycles. The first-order valence-corrected chi connectivity index (χ1v) is 5.84. The summed E-state index contributed by atoms with van der Waals surface area (Å²) in [5.41, 5.74) is 5.45. The standard InChI is InChI=1S/C14H13F3N2/c1-2-14(18,13-6-4-10(16)8-19-13)11-5-3-9(15)7-12(11)17/h3-8H,2,18H2,1H3. The van der Waals surface area contributed by atoms with Gasteiger partial charge >= 0.3 is 0 Å². The normalized spacial score (nSPS) is 14.2. The van der Waals surface area contributed by atoms with Crippen LogP contribution < -0.4 is 5.73 Å². The largest absolute Gasteiger partial charge is 0.316 e. The van der Waals surface area contributed by atoms with Crippen molar-refractivity contribution in [1.29, 1.82) is 0 Å². The fraction of sp³-hybridized carbons (Fsp3) is 0.214. The van der Waals surface area contributed by atoms with Gasteiger partial charge in [0.15, 0.2) is 0 Å². The maximum absolute atomic E-state index is 13.9. The van der Waals surface area contributed by atoms with E-state index in [0.29, 0.717) is 12.1 Å². The fourth-order valence-electron chi connectivity index (χ4n) is 2.00. The molecule has 19 heavy (non-hydrogen) atoms. The lowest BCUT2D eigenvalue weighted by Gasteiger charge is -2.28. The van der Waals surface area contributed by atoms with E-state index in [1.54, 1.807) is 6.92 Å². The van der Waals surface area contributed by atoms with Crippen LogP contribution in [0, 0.1) is 17.5 Å². The first kappa shape index (κ1) is 13.5. The van der Waals surface area contributed by atoms with Gasteiger partial charge in [0.1, 0.15) is 17.5 Å². The first-order chi connectivity index (χ1) is 8.97. The number of aromatic nitrogens is 1. The molecular weight excluding hydrogens is 253 g/mol. The maximum atomic E-state index is 13.9. The molecule has 0 aliphatic heterocycles. The second kappa shape index (κ2) is 5.01. The van der Waals surface area contributed by atoms with Gasteiger partial charge in [0, 0.05) is 11.6 Å². The van der Waals surface area contributed by atoms with Gasteiger partial charge in [-0.1, -0.05) is 13.0 Å². The molecule has 0 fully saturated rings. The molecule has 0 radical (unpaired) electrons. The topological polar surface area (TPSA) is 38.9 Å². The number of hydrogen-bond acceptors (Lipinski definition) is 2. The average molecular weight is 266 g/mol. The molecule has 1 heterocycles. The Hall–Kier alpha value is -1.88. The summed E-state index contributed by atoms with van der Waals surface area (Å²) < 4.78 is 39.7. The lowest BCUT2D eigenvalue weighted by Crippen LogP contribution is -2.39. The Kier molecular flexibility index (Phi) is 3.57. The molecular formula is C14H13F3N2. The van der Waals surface area contributed by atoms with Crippen LogP contribution >= 0.6 is 0 Å². The van der Waals surface area contributed by atoms with Crippen LogP contribution in [0.15, 0.2) is 36.5 Å². The molecule has 0 bridgehead atoms. The lowest BCUT2D eigenvalue weighted by atomic mass is 9.84. The van der Waals surface area contributed by atoms with Gasteiger partial charge in [0.05, 0.1) is 17.4 Å². The number of halogens is 3. The monoisotopic (exact) mass is 266 g/mol. The highest BCUT2D eigenvalue weighted by atomic mass is 19.1. The van der Waals surface area contributed by atoms with Gasteiger partial charge in [-0.2, -0.15) is 0 Å².